The summed E-state index contributed by atoms with van der Waals surface area (Å²) in [6, 6.07) is 9.91. The van der Waals surface area contributed by atoms with Crippen molar-refractivity contribution in [1.29, 1.82) is 0 Å². The average molecular weight is 461 g/mol. The first-order valence-electron chi connectivity index (χ1n) is 10.2. The number of allylic oxidation sites excluding steroid dienone is 2. The Morgan fingerprint density at radius 1 is 1.15 bits per heavy atom. The number of nitro benzene ring substituents is 1. The normalized spacial score (nSPS) is 19.0. The third kappa shape index (κ3) is 4.59. The first kappa shape index (κ1) is 24.0. The van der Waals surface area contributed by atoms with Crippen LogP contribution in [-0.2, 0) is 15.8 Å². The topological polar surface area (TPSA) is 92.6 Å². The Balaban J connectivity index is 2.16. The quantitative estimate of drug-likeness (QED) is 0.394. The van der Waals surface area contributed by atoms with Crippen molar-refractivity contribution in [3.05, 3.63) is 81.0 Å². The van der Waals surface area contributed by atoms with Crippen LogP contribution in [0.4, 0.5) is 24.5 Å². The van der Waals surface area contributed by atoms with E-state index in [0.29, 0.717) is 16.8 Å². The maximum absolute atomic E-state index is 13.6. The molecule has 3 rings (SSSR count). The Morgan fingerprint density at radius 3 is 2.33 bits per heavy atom. The fourth-order valence-corrected chi connectivity index (χ4v) is 4.03. The van der Waals surface area contributed by atoms with E-state index in [0.717, 1.165) is 17.0 Å². The molecule has 2 unspecified atom stereocenters. The molecule has 0 aromatic heterocycles. The summed E-state index contributed by atoms with van der Waals surface area (Å²) < 4.78 is 39.8. The first-order chi connectivity index (χ1) is 15.5. The van der Waals surface area contributed by atoms with E-state index < -0.39 is 40.3 Å². The zero-order valence-electron chi connectivity index (χ0n) is 18.1. The van der Waals surface area contributed by atoms with E-state index >= 15 is 0 Å². The van der Waals surface area contributed by atoms with Gasteiger partial charge >= 0.3 is 6.18 Å². The number of alkyl halides is 3. The summed E-state index contributed by atoms with van der Waals surface area (Å²) in [5.41, 5.74) is 0.457. The van der Waals surface area contributed by atoms with Gasteiger partial charge in [0.2, 0.25) is 11.8 Å². The predicted octanol–water partition coefficient (Wildman–Crippen LogP) is 4.79. The van der Waals surface area contributed by atoms with Gasteiger partial charge in [-0.25, -0.2) is 0 Å². The number of nitro groups is 1. The predicted molar refractivity (Wildman–Crippen MR) is 115 cm³/mol. The summed E-state index contributed by atoms with van der Waals surface area (Å²) in [7, 11) is 0. The molecule has 1 aliphatic heterocycles. The summed E-state index contributed by atoms with van der Waals surface area (Å²) in [6.07, 6.45) is -4.60. The standard InChI is InChI=1S/C23H22F3N3O4/c1-4-27-21(30)20-19(15-8-10-17(11-9-15)29(32)33)13(2)14(3)28(22(20)31)18-7-5-6-16(12-18)23(24,25)26/h5-12,19-20H,4H2,1-3H3,(H,27,30). The number of non-ortho nitro benzene ring substituents is 1. The highest BCUT2D eigenvalue weighted by atomic mass is 19.4. The molecule has 0 saturated carbocycles. The largest absolute Gasteiger partial charge is 0.416 e. The molecule has 0 aliphatic carbocycles. The van der Waals surface area contributed by atoms with Crippen molar-refractivity contribution in [3.63, 3.8) is 0 Å². The molecule has 0 fully saturated rings. The molecule has 0 radical (unpaired) electrons. The lowest BCUT2D eigenvalue weighted by Crippen LogP contribution is -2.49. The maximum atomic E-state index is 13.6. The number of nitrogens with zero attached hydrogens (tertiary/aromatic N) is 2. The Bertz CT molecular complexity index is 1130. The van der Waals surface area contributed by atoms with Gasteiger partial charge in [-0.15, -0.1) is 0 Å². The van der Waals surface area contributed by atoms with Crippen LogP contribution in [-0.4, -0.2) is 23.3 Å². The van der Waals surface area contributed by atoms with Gasteiger partial charge in [-0.1, -0.05) is 18.2 Å². The molecule has 0 saturated heterocycles. The van der Waals surface area contributed by atoms with Crippen molar-refractivity contribution in [2.75, 3.05) is 11.4 Å². The molecule has 2 atom stereocenters. The molecule has 1 N–H and O–H groups in total. The van der Waals surface area contributed by atoms with E-state index in [1.54, 1.807) is 20.8 Å². The molecule has 2 aromatic carbocycles. The van der Waals surface area contributed by atoms with Crippen LogP contribution in [0.25, 0.3) is 0 Å². The third-order valence-electron chi connectivity index (χ3n) is 5.72. The second-order valence-corrected chi connectivity index (χ2v) is 7.69. The second kappa shape index (κ2) is 9.05. The summed E-state index contributed by atoms with van der Waals surface area (Å²) in [5, 5.41) is 13.6. The van der Waals surface area contributed by atoms with Crippen LogP contribution in [0.1, 0.15) is 37.8 Å². The summed E-state index contributed by atoms with van der Waals surface area (Å²) >= 11 is 0. The zero-order valence-corrected chi connectivity index (χ0v) is 18.1. The van der Waals surface area contributed by atoms with Gasteiger partial charge < -0.3 is 5.32 Å². The Morgan fingerprint density at radius 2 is 1.79 bits per heavy atom. The number of benzene rings is 2. The highest BCUT2D eigenvalue weighted by Crippen LogP contribution is 2.43. The number of carbonyl (C=O) groups excluding carboxylic acids is 2. The first-order valence-corrected chi connectivity index (χ1v) is 10.2. The van der Waals surface area contributed by atoms with E-state index in [2.05, 4.69) is 5.32 Å². The minimum absolute atomic E-state index is 0.00289. The van der Waals surface area contributed by atoms with Crippen molar-refractivity contribution >= 4 is 23.2 Å². The van der Waals surface area contributed by atoms with Crippen LogP contribution >= 0.6 is 0 Å². The minimum Gasteiger partial charge on any atom is -0.356 e. The summed E-state index contributed by atoms with van der Waals surface area (Å²) in [5.74, 6) is -3.24. The lowest BCUT2D eigenvalue weighted by Gasteiger charge is -2.39. The number of anilines is 1. The molecule has 2 amide bonds. The van der Waals surface area contributed by atoms with Gasteiger partial charge in [-0.05, 0) is 50.1 Å². The average Bonchev–Trinajstić information content (AvgIpc) is 2.76. The van der Waals surface area contributed by atoms with E-state index in [9.17, 15) is 32.9 Å². The van der Waals surface area contributed by atoms with Crippen LogP contribution in [0.3, 0.4) is 0 Å². The summed E-state index contributed by atoms with van der Waals surface area (Å²) in [6.45, 7) is 5.23. The third-order valence-corrected chi connectivity index (χ3v) is 5.72. The van der Waals surface area contributed by atoms with E-state index in [1.165, 1.54) is 36.4 Å². The number of carbonyl (C=O) groups is 2. The SMILES string of the molecule is CCNC(=O)C1C(=O)N(c2cccc(C(F)(F)F)c2)C(C)=C(C)C1c1ccc([N+](=O)[O-])cc1. The van der Waals surface area contributed by atoms with E-state index in [-0.39, 0.29) is 17.9 Å². The van der Waals surface area contributed by atoms with Crippen LogP contribution in [0.2, 0.25) is 0 Å². The van der Waals surface area contributed by atoms with Crippen molar-refractivity contribution in [2.24, 2.45) is 5.92 Å². The molecule has 0 spiro atoms. The molecular formula is C23H22F3N3O4. The molecule has 2 aromatic rings. The number of hydrogen-bond acceptors (Lipinski definition) is 4. The molecular weight excluding hydrogens is 439 g/mol. The Kier molecular flexibility index (Phi) is 6.57. The smallest absolute Gasteiger partial charge is 0.356 e. The fourth-order valence-electron chi connectivity index (χ4n) is 4.03. The van der Waals surface area contributed by atoms with Crippen molar-refractivity contribution in [3.8, 4) is 0 Å². The summed E-state index contributed by atoms with van der Waals surface area (Å²) in [4.78, 5) is 38.1. The van der Waals surface area contributed by atoms with E-state index in [1.807, 2.05) is 0 Å². The van der Waals surface area contributed by atoms with Gasteiger partial charge in [0.1, 0.15) is 5.92 Å². The van der Waals surface area contributed by atoms with Gasteiger partial charge in [-0.2, -0.15) is 13.2 Å². The Hall–Kier alpha value is -3.69. The van der Waals surface area contributed by atoms with Crippen LogP contribution < -0.4 is 10.2 Å². The van der Waals surface area contributed by atoms with Gasteiger partial charge in [-0.3, -0.25) is 24.6 Å². The maximum Gasteiger partial charge on any atom is 0.416 e. The highest BCUT2D eigenvalue weighted by Gasteiger charge is 2.45. The number of rotatable bonds is 5. The van der Waals surface area contributed by atoms with Crippen molar-refractivity contribution < 1.29 is 27.7 Å². The monoisotopic (exact) mass is 461 g/mol. The molecule has 0 bridgehead atoms. The number of halogens is 3. The van der Waals surface area contributed by atoms with Crippen molar-refractivity contribution in [1.82, 2.24) is 5.32 Å². The lowest BCUT2D eigenvalue weighted by molar-refractivity contribution is -0.384. The van der Waals surface area contributed by atoms with E-state index in [4.69, 9.17) is 0 Å². The lowest BCUT2D eigenvalue weighted by atomic mass is 9.76. The minimum atomic E-state index is -4.60. The van der Waals surface area contributed by atoms with Crippen molar-refractivity contribution in [2.45, 2.75) is 32.9 Å². The van der Waals surface area contributed by atoms with Gasteiger partial charge in [0, 0.05) is 36.0 Å². The second-order valence-electron chi connectivity index (χ2n) is 7.69. The van der Waals surface area contributed by atoms with Gasteiger partial charge in [0.15, 0.2) is 0 Å². The number of nitrogens with one attached hydrogen (secondary N) is 1. The molecule has 1 heterocycles. The molecule has 10 heteroatoms. The molecule has 1 aliphatic rings. The Labute approximate surface area is 188 Å². The number of hydrogen-bond donors (Lipinski definition) is 1. The highest BCUT2D eigenvalue weighted by molar-refractivity contribution is 6.11. The zero-order chi connectivity index (χ0) is 24.5. The fraction of sp³-hybridized carbons (Fsp3) is 0.304. The van der Waals surface area contributed by atoms with Gasteiger partial charge in [0.05, 0.1) is 10.5 Å². The van der Waals surface area contributed by atoms with Gasteiger partial charge in [0.25, 0.3) is 5.69 Å². The van der Waals surface area contributed by atoms with Crippen LogP contribution in [0.5, 0.6) is 0 Å². The van der Waals surface area contributed by atoms with Crippen LogP contribution in [0.15, 0.2) is 59.8 Å². The molecule has 7 nitrogen and oxygen atoms in total. The number of amides is 2. The van der Waals surface area contributed by atoms with Crippen LogP contribution in [0, 0.1) is 16.0 Å². The molecule has 174 valence electrons. The molecule has 33 heavy (non-hydrogen) atoms.